The van der Waals surface area contributed by atoms with Gasteiger partial charge in [-0.25, -0.2) is 9.48 Å². The fraction of sp³-hybridized carbons (Fsp3) is 0.0588. The number of carboxylic acids is 1. The molecule has 0 aliphatic carbocycles. The van der Waals surface area contributed by atoms with Gasteiger partial charge in [-0.15, -0.1) is 0 Å². The minimum Gasteiger partial charge on any atom is -0.476 e. The Kier molecular flexibility index (Phi) is 3.69. The van der Waals surface area contributed by atoms with Crippen molar-refractivity contribution in [1.29, 1.82) is 0 Å². The topological polar surface area (TPSA) is 55.1 Å². The number of benzene rings is 2. The average Bonchev–Trinajstić information content (AvgIpc) is 2.94. The summed E-state index contributed by atoms with van der Waals surface area (Å²) in [5.41, 5.74) is 3.32. The van der Waals surface area contributed by atoms with Gasteiger partial charge in [-0.05, 0) is 25.1 Å². The third-order valence-electron chi connectivity index (χ3n) is 3.36. The number of carbonyl (C=O) groups is 1. The van der Waals surface area contributed by atoms with Gasteiger partial charge >= 0.3 is 5.97 Å². The van der Waals surface area contributed by atoms with E-state index >= 15 is 0 Å². The maximum Gasteiger partial charge on any atom is 0.356 e. The number of hydrogen-bond donors (Lipinski definition) is 1. The van der Waals surface area contributed by atoms with Crippen molar-refractivity contribution in [3.05, 3.63) is 70.9 Å². The Balaban J connectivity index is 2.23. The van der Waals surface area contributed by atoms with E-state index in [4.69, 9.17) is 11.6 Å². The molecule has 0 saturated carbocycles. The van der Waals surface area contributed by atoms with Crippen LogP contribution < -0.4 is 0 Å². The van der Waals surface area contributed by atoms with E-state index in [1.165, 1.54) is 0 Å². The lowest BCUT2D eigenvalue weighted by Gasteiger charge is -2.09. The number of rotatable bonds is 3. The molecule has 0 radical (unpaired) electrons. The zero-order valence-corrected chi connectivity index (χ0v) is 12.6. The summed E-state index contributed by atoms with van der Waals surface area (Å²) in [6.45, 7) is 2.00. The summed E-state index contributed by atoms with van der Waals surface area (Å²) in [7, 11) is 0. The first-order valence-electron chi connectivity index (χ1n) is 6.71. The third-order valence-corrected chi connectivity index (χ3v) is 3.68. The standard InChI is InChI=1S/C17H13ClN2O2/c1-11-6-8-12(9-7-11)16-10-14(17(21)22)19-20(16)15-5-3-2-4-13(15)18/h2-10H,1H3,(H,21,22). The number of carboxylic acid groups (broad SMARTS) is 1. The van der Waals surface area contributed by atoms with Crippen LogP contribution in [0.15, 0.2) is 54.6 Å². The molecule has 0 aliphatic heterocycles. The van der Waals surface area contributed by atoms with Crippen molar-refractivity contribution in [3.63, 3.8) is 0 Å². The van der Waals surface area contributed by atoms with Gasteiger partial charge in [0.05, 0.1) is 16.4 Å². The maximum absolute atomic E-state index is 11.3. The zero-order chi connectivity index (χ0) is 15.7. The Bertz CT molecular complexity index is 838. The Morgan fingerprint density at radius 2 is 1.82 bits per heavy atom. The lowest BCUT2D eigenvalue weighted by Crippen LogP contribution is -2.02. The molecule has 5 heteroatoms. The summed E-state index contributed by atoms with van der Waals surface area (Å²) in [6.07, 6.45) is 0. The van der Waals surface area contributed by atoms with Crippen LogP contribution in [0, 0.1) is 6.92 Å². The molecular weight excluding hydrogens is 300 g/mol. The molecule has 0 saturated heterocycles. The predicted molar refractivity (Wildman–Crippen MR) is 85.7 cm³/mol. The van der Waals surface area contributed by atoms with Crippen LogP contribution in [0.2, 0.25) is 5.02 Å². The average molecular weight is 313 g/mol. The van der Waals surface area contributed by atoms with E-state index in [2.05, 4.69) is 5.10 Å². The van der Waals surface area contributed by atoms with Gasteiger partial charge in [0, 0.05) is 5.56 Å². The molecule has 110 valence electrons. The summed E-state index contributed by atoms with van der Waals surface area (Å²) in [6, 6.07) is 16.6. The minimum absolute atomic E-state index is 0.0181. The summed E-state index contributed by atoms with van der Waals surface area (Å²) < 4.78 is 1.57. The molecule has 0 atom stereocenters. The highest BCUT2D eigenvalue weighted by Gasteiger charge is 2.17. The summed E-state index contributed by atoms with van der Waals surface area (Å²) in [5.74, 6) is -1.07. The molecule has 0 fully saturated rings. The van der Waals surface area contributed by atoms with Crippen LogP contribution in [0.1, 0.15) is 16.1 Å². The Labute approximate surface area is 132 Å². The minimum atomic E-state index is -1.07. The molecule has 2 aromatic carbocycles. The van der Waals surface area contributed by atoms with Crippen molar-refractivity contribution in [3.8, 4) is 16.9 Å². The van der Waals surface area contributed by atoms with Gasteiger partial charge in [-0.1, -0.05) is 53.6 Å². The monoisotopic (exact) mass is 312 g/mol. The summed E-state index contributed by atoms with van der Waals surface area (Å²) in [4.78, 5) is 11.3. The van der Waals surface area contributed by atoms with Crippen molar-refractivity contribution in [2.45, 2.75) is 6.92 Å². The fourth-order valence-corrected chi connectivity index (χ4v) is 2.44. The van der Waals surface area contributed by atoms with E-state index in [-0.39, 0.29) is 5.69 Å². The number of hydrogen-bond acceptors (Lipinski definition) is 2. The smallest absolute Gasteiger partial charge is 0.356 e. The number of para-hydroxylation sites is 1. The SMILES string of the molecule is Cc1ccc(-c2cc(C(=O)O)nn2-c2ccccc2Cl)cc1. The van der Waals surface area contributed by atoms with E-state index in [0.717, 1.165) is 11.1 Å². The Morgan fingerprint density at radius 3 is 2.45 bits per heavy atom. The first-order valence-corrected chi connectivity index (χ1v) is 7.09. The third kappa shape index (κ3) is 2.61. The van der Waals surface area contributed by atoms with Crippen LogP contribution >= 0.6 is 11.6 Å². The molecule has 3 rings (SSSR count). The van der Waals surface area contributed by atoms with E-state index < -0.39 is 5.97 Å². The second kappa shape index (κ2) is 5.66. The Morgan fingerprint density at radius 1 is 1.14 bits per heavy atom. The highest BCUT2D eigenvalue weighted by molar-refractivity contribution is 6.32. The second-order valence-corrected chi connectivity index (χ2v) is 5.36. The fourth-order valence-electron chi connectivity index (χ4n) is 2.22. The number of nitrogens with zero attached hydrogens (tertiary/aromatic N) is 2. The first kappa shape index (κ1) is 14.4. The van der Waals surface area contributed by atoms with E-state index in [0.29, 0.717) is 16.4 Å². The van der Waals surface area contributed by atoms with Gasteiger partial charge in [-0.3, -0.25) is 0 Å². The lowest BCUT2D eigenvalue weighted by molar-refractivity contribution is 0.0690. The second-order valence-electron chi connectivity index (χ2n) is 4.95. The Hall–Kier alpha value is -2.59. The van der Waals surface area contributed by atoms with Crippen LogP contribution in [0.25, 0.3) is 16.9 Å². The van der Waals surface area contributed by atoms with Crippen LogP contribution in [0.5, 0.6) is 0 Å². The molecule has 3 aromatic rings. The van der Waals surface area contributed by atoms with Gasteiger partial charge < -0.3 is 5.11 Å². The molecule has 22 heavy (non-hydrogen) atoms. The van der Waals surface area contributed by atoms with Crippen molar-refractivity contribution >= 4 is 17.6 Å². The van der Waals surface area contributed by atoms with Crippen molar-refractivity contribution < 1.29 is 9.90 Å². The summed E-state index contributed by atoms with van der Waals surface area (Å²) in [5, 5.41) is 13.9. The van der Waals surface area contributed by atoms with Crippen LogP contribution in [0.3, 0.4) is 0 Å². The zero-order valence-electron chi connectivity index (χ0n) is 11.8. The van der Waals surface area contributed by atoms with Gasteiger partial charge in [-0.2, -0.15) is 5.10 Å². The molecule has 1 heterocycles. The molecular formula is C17H13ClN2O2. The van der Waals surface area contributed by atoms with Gasteiger partial charge in [0.25, 0.3) is 0 Å². The van der Waals surface area contributed by atoms with Gasteiger partial charge in [0.2, 0.25) is 0 Å². The van der Waals surface area contributed by atoms with E-state index in [1.807, 2.05) is 43.3 Å². The molecule has 0 aliphatic rings. The van der Waals surface area contributed by atoms with Crippen LogP contribution in [-0.4, -0.2) is 20.9 Å². The molecule has 1 N–H and O–H groups in total. The molecule has 1 aromatic heterocycles. The van der Waals surface area contributed by atoms with Crippen LogP contribution in [-0.2, 0) is 0 Å². The number of aromatic carboxylic acids is 1. The maximum atomic E-state index is 11.3. The lowest BCUT2D eigenvalue weighted by atomic mass is 10.1. The molecule has 0 bridgehead atoms. The van der Waals surface area contributed by atoms with Crippen molar-refractivity contribution in [1.82, 2.24) is 9.78 Å². The van der Waals surface area contributed by atoms with Gasteiger partial charge in [0.1, 0.15) is 0 Å². The first-order chi connectivity index (χ1) is 10.6. The van der Waals surface area contributed by atoms with Crippen LogP contribution in [0.4, 0.5) is 0 Å². The van der Waals surface area contributed by atoms with Crippen molar-refractivity contribution in [2.75, 3.05) is 0 Å². The highest BCUT2D eigenvalue weighted by Crippen LogP contribution is 2.28. The van der Waals surface area contributed by atoms with Gasteiger partial charge in [0.15, 0.2) is 5.69 Å². The summed E-state index contributed by atoms with van der Waals surface area (Å²) >= 11 is 6.22. The number of aromatic nitrogens is 2. The highest BCUT2D eigenvalue weighted by atomic mass is 35.5. The predicted octanol–water partition coefficient (Wildman–Crippen LogP) is 4.20. The number of aryl methyl sites for hydroxylation is 1. The largest absolute Gasteiger partial charge is 0.476 e. The molecule has 0 amide bonds. The number of halogens is 1. The van der Waals surface area contributed by atoms with E-state index in [1.54, 1.807) is 22.9 Å². The molecule has 0 unspecified atom stereocenters. The molecule has 0 spiro atoms. The quantitative estimate of drug-likeness (QED) is 0.788. The van der Waals surface area contributed by atoms with Crippen molar-refractivity contribution in [2.24, 2.45) is 0 Å². The molecule has 4 nitrogen and oxygen atoms in total. The normalized spacial score (nSPS) is 10.6. The van der Waals surface area contributed by atoms with E-state index in [9.17, 15) is 9.90 Å².